The highest BCUT2D eigenvalue weighted by Gasteiger charge is 2.22. The molecule has 2 rings (SSSR count). The van der Waals surface area contributed by atoms with E-state index in [0.717, 1.165) is 18.1 Å². The zero-order chi connectivity index (χ0) is 12.1. The van der Waals surface area contributed by atoms with Gasteiger partial charge in [0.25, 0.3) is 0 Å². The lowest BCUT2D eigenvalue weighted by molar-refractivity contribution is -0.0317. The molecule has 1 unspecified atom stereocenters. The van der Waals surface area contributed by atoms with E-state index in [1.807, 2.05) is 7.05 Å². The lowest BCUT2D eigenvalue weighted by Crippen LogP contribution is -2.46. The maximum atomic E-state index is 9.25. The van der Waals surface area contributed by atoms with Crippen LogP contribution in [-0.4, -0.2) is 59.4 Å². The molecule has 1 saturated heterocycles. The predicted molar refractivity (Wildman–Crippen MR) is 63.7 cm³/mol. The smallest absolute Gasteiger partial charge is 0.144 e. The molecule has 2 heterocycles. The van der Waals surface area contributed by atoms with Crippen LogP contribution in [-0.2, 0) is 11.3 Å². The first-order valence-electron chi connectivity index (χ1n) is 5.75. The molecule has 2 N–H and O–H groups in total. The molecular formula is C11H18N4O2. The number of hydrogen-bond donors (Lipinski definition) is 2. The van der Waals surface area contributed by atoms with Crippen molar-refractivity contribution in [3.05, 3.63) is 18.1 Å². The first kappa shape index (κ1) is 12.2. The average molecular weight is 238 g/mol. The molecule has 17 heavy (non-hydrogen) atoms. The summed E-state index contributed by atoms with van der Waals surface area (Å²) < 4.78 is 5.33. The van der Waals surface area contributed by atoms with Gasteiger partial charge in [-0.05, 0) is 0 Å². The second-order valence-electron chi connectivity index (χ2n) is 4.02. The fourth-order valence-electron chi connectivity index (χ4n) is 1.84. The molecule has 94 valence electrons. The Labute approximate surface area is 101 Å². The largest absolute Gasteiger partial charge is 0.395 e. The van der Waals surface area contributed by atoms with Crippen LogP contribution in [0.3, 0.4) is 0 Å². The summed E-state index contributed by atoms with van der Waals surface area (Å²) in [6, 6.07) is 0.0644. The minimum Gasteiger partial charge on any atom is -0.395 e. The normalized spacial score (nSPS) is 21.4. The van der Waals surface area contributed by atoms with Crippen LogP contribution in [0.25, 0.3) is 0 Å². The summed E-state index contributed by atoms with van der Waals surface area (Å²) >= 11 is 0. The molecule has 0 aliphatic carbocycles. The molecule has 6 nitrogen and oxygen atoms in total. The molecule has 1 atom stereocenters. The number of anilines is 1. The van der Waals surface area contributed by atoms with Crippen LogP contribution in [0.4, 0.5) is 5.82 Å². The highest BCUT2D eigenvalue weighted by atomic mass is 16.5. The first-order valence-corrected chi connectivity index (χ1v) is 5.75. The van der Waals surface area contributed by atoms with Gasteiger partial charge < -0.3 is 15.2 Å². The maximum absolute atomic E-state index is 9.25. The van der Waals surface area contributed by atoms with Crippen molar-refractivity contribution in [2.75, 3.05) is 38.7 Å². The Bertz CT molecular complexity index is 344. The number of morpholine rings is 1. The zero-order valence-electron chi connectivity index (χ0n) is 9.96. The molecule has 0 amide bonds. The number of aromatic nitrogens is 2. The number of hydrogen-bond acceptors (Lipinski definition) is 6. The quantitative estimate of drug-likeness (QED) is 0.751. The van der Waals surface area contributed by atoms with Gasteiger partial charge in [-0.1, -0.05) is 0 Å². The molecule has 0 spiro atoms. The van der Waals surface area contributed by atoms with Gasteiger partial charge in [-0.25, -0.2) is 4.98 Å². The molecule has 0 aromatic carbocycles. The van der Waals surface area contributed by atoms with Crippen molar-refractivity contribution < 1.29 is 9.84 Å². The van der Waals surface area contributed by atoms with Crippen molar-refractivity contribution in [1.29, 1.82) is 0 Å². The van der Waals surface area contributed by atoms with Crippen LogP contribution in [0.15, 0.2) is 12.4 Å². The van der Waals surface area contributed by atoms with Gasteiger partial charge in [0.2, 0.25) is 0 Å². The van der Waals surface area contributed by atoms with Gasteiger partial charge >= 0.3 is 0 Å². The van der Waals surface area contributed by atoms with E-state index in [1.54, 1.807) is 12.4 Å². The van der Waals surface area contributed by atoms with Crippen molar-refractivity contribution in [3.63, 3.8) is 0 Å². The number of nitrogens with one attached hydrogen (secondary N) is 1. The van der Waals surface area contributed by atoms with Gasteiger partial charge in [-0.2, -0.15) is 0 Å². The summed E-state index contributed by atoms with van der Waals surface area (Å²) in [5.41, 5.74) is 0.907. The lowest BCUT2D eigenvalue weighted by Gasteiger charge is -2.33. The Hall–Kier alpha value is -1.24. The van der Waals surface area contributed by atoms with Gasteiger partial charge in [-0.3, -0.25) is 9.88 Å². The van der Waals surface area contributed by atoms with Crippen LogP contribution in [0.5, 0.6) is 0 Å². The van der Waals surface area contributed by atoms with E-state index < -0.39 is 0 Å². The standard InChI is InChI=1S/C11H18N4O2/c1-12-11-5-13-9(4-14-11)6-15-2-3-17-8-10(15)7-16/h4-5,10,16H,2-3,6-8H2,1H3,(H,12,14). The van der Waals surface area contributed by atoms with Crippen molar-refractivity contribution in [2.45, 2.75) is 12.6 Å². The van der Waals surface area contributed by atoms with Gasteiger partial charge in [0, 0.05) is 20.1 Å². The summed E-state index contributed by atoms with van der Waals surface area (Å²) in [5.74, 6) is 0.759. The maximum Gasteiger partial charge on any atom is 0.144 e. The van der Waals surface area contributed by atoms with Gasteiger partial charge in [0.15, 0.2) is 0 Å². The van der Waals surface area contributed by atoms with E-state index in [9.17, 15) is 5.11 Å². The predicted octanol–water partition coefficient (Wildman–Crippen LogP) is -0.289. The van der Waals surface area contributed by atoms with Gasteiger partial charge in [-0.15, -0.1) is 0 Å². The van der Waals surface area contributed by atoms with Crippen LogP contribution in [0, 0.1) is 0 Å². The molecule has 1 fully saturated rings. The van der Waals surface area contributed by atoms with Gasteiger partial charge in [0.05, 0.1) is 44.0 Å². The van der Waals surface area contributed by atoms with E-state index in [4.69, 9.17) is 4.74 Å². The zero-order valence-corrected chi connectivity index (χ0v) is 9.96. The number of aliphatic hydroxyl groups is 1. The molecular weight excluding hydrogens is 220 g/mol. The van der Waals surface area contributed by atoms with E-state index in [2.05, 4.69) is 20.2 Å². The first-order chi connectivity index (χ1) is 8.33. The van der Waals surface area contributed by atoms with Crippen LogP contribution < -0.4 is 5.32 Å². The second kappa shape index (κ2) is 5.90. The van der Waals surface area contributed by atoms with Gasteiger partial charge in [0.1, 0.15) is 5.82 Å². The number of ether oxygens (including phenoxy) is 1. The fourth-order valence-corrected chi connectivity index (χ4v) is 1.84. The molecule has 1 aliphatic heterocycles. The Kier molecular flexibility index (Phi) is 4.24. The van der Waals surface area contributed by atoms with E-state index in [-0.39, 0.29) is 12.6 Å². The molecule has 0 bridgehead atoms. The number of nitrogens with zero attached hydrogens (tertiary/aromatic N) is 3. The minimum absolute atomic E-state index is 0.0644. The summed E-state index contributed by atoms with van der Waals surface area (Å²) in [6.07, 6.45) is 3.47. The third-order valence-electron chi connectivity index (χ3n) is 2.89. The molecule has 1 aromatic heterocycles. The minimum atomic E-state index is 0.0644. The second-order valence-corrected chi connectivity index (χ2v) is 4.02. The Morgan fingerprint density at radius 2 is 2.41 bits per heavy atom. The third kappa shape index (κ3) is 3.12. The SMILES string of the molecule is CNc1cnc(CN2CCOCC2CO)cn1. The average Bonchev–Trinajstić information content (AvgIpc) is 2.40. The number of aliphatic hydroxyl groups excluding tert-OH is 1. The molecule has 0 saturated carbocycles. The van der Waals surface area contributed by atoms with Crippen molar-refractivity contribution in [2.24, 2.45) is 0 Å². The Morgan fingerprint density at radius 1 is 1.53 bits per heavy atom. The monoisotopic (exact) mass is 238 g/mol. The third-order valence-corrected chi connectivity index (χ3v) is 2.89. The lowest BCUT2D eigenvalue weighted by atomic mass is 10.2. The molecule has 6 heteroatoms. The van der Waals surface area contributed by atoms with E-state index in [1.165, 1.54) is 0 Å². The fraction of sp³-hybridized carbons (Fsp3) is 0.636. The van der Waals surface area contributed by atoms with Crippen LogP contribution in [0.1, 0.15) is 5.69 Å². The summed E-state index contributed by atoms with van der Waals surface area (Å²) in [7, 11) is 1.81. The topological polar surface area (TPSA) is 70.5 Å². The molecule has 1 aliphatic rings. The van der Waals surface area contributed by atoms with E-state index in [0.29, 0.717) is 19.8 Å². The number of rotatable bonds is 4. The summed E-state index contributed by atoms with van der Waals surface area (Å²) in [4.78, 5) is 10.7. The van der Waals surface area contributed by atoms with Crippen molar-refractivity contribution in [3.8, 4) is 0 Å². The summed E-state index contributed by atoms with van der Waals surface area (Å²) in [6.45, 7) is 2.92. The molecule has 1 aromatic rings. The molecule has 0 radical (unpaired) electrons. The Morgan fingerprint density at radius 3 is 3.06 bits per heavy atom. The van der Waals surface area contributed by atoms with E-state index >= 15 is 0 Å². The Balaban J connectivity index is 1.98. The summed E-state index contributed by atoms with van der Waals surface area (Å²) in [5, 5.41) is 12.2. The highest BCUT2D eigenvalue weighted by Crippen LogP contribution is 2.10. The van der Waals surface area contributed by atoms with Crippen molar-refractivity contribution >= 4 is 5.82 Å². The highest BCUT2D eigenvalue weighted by molar-refractivity contribution is 5.29. The van der Waals surface area contributed by atoms with Crippen LogP contribution in [0.2, 0.25) is 0 Å². The van der Waals surface area contributed by atoms with Crippen molar-refractivity contribution in [1.82, 2.24) is 14.9 Å². The van der Waals surface area contributed by atoms with Crippen LogP contribution >= 0.6 is 0 Å².